The van der Waals surface area contributed by atoms with Gasteiger partial charge in [-0.05, 0) is 34.5 Å². The van der Waals surface area contributed by atoms with Gasteiger partial charge in [0.15, 0.2) is 0 Å². The topological polar surface area (TPSA) is 56.7 Å². The molecule has 2 aromatic heterocycles. The van der Waals surface area contributed by atoms with E-state index in [4.69, 9.17) is 5.73 Å². The van der Waals surface area contributed by atoms with Crippen molar-refractivity contribution in [2.24, 2.45) is 5.73 Å². The Hall–Kier alpha value is -1.20. The molecule has 0 spiro atoms. The van der Waals surface area contributed by atoms with Crippen LogP contribution in [-0.2, 0) is 13.0 Å². The van der Waals surface area contributed by atoms with Crippen LogP contribution in [0.3, 0.4) is 0 Å². The first-order chi connectivity index (χ1) is 8.20. The van der Waals surface area contributed by atoms with Gasteiger partial charge in [-0.25, -0.2) is 4.98 Å². The molecule has 4 nitrogen and oxygen atoms in total. The van der Waals surface area contributed by atoms with E-state index in [0.29, 0.717) is 0 Å². The number of halogens is 1. The second-order valence-electron chi connectivity index (χ2n) is 3.88. The minimum Gasteiger partial charge on any atom is -0.335 e. The summed E-state index contributed by atoms with van der Waals surface area (Å²) in [6, 6.07) is 1.92. The highest BCUT2D eigenvalue weighted by molar-refractivity contribution is 9.10. The zero-order valence-electron chi connectivity index (χ0n) is 9.68. The van der Waals surface area contributed by atoms with Crippen LogP contribution in [0.4, 0.5) is 0 Å². The largest absolute Gasteiger partial charge is 0.335 e. The Morgan fingerprint density at radius 2 is 2.29 bits per heavy atom. The van der Waals surface area contributed by atoms with E-state index in [1.165, 1.54) is 0 Å². The normalized spacial score (nSPS) is 12.6. The van der Waals surface area contributed by atoms with Crippen molar-refractivity contribution in [1.29, 1.82) is 0 Å². The third-order valence-corrected chi connectivity index (χ3v) is 3.13. The van der Waals surface area contributed by atoms with Crippen LogP contribution in [0, 0.1) is 0 Å². The van der Waals surface area contributed by atoms with Crippen LogP contribution in [0.5, 0.6) is 0 Å². The Morgan fingerprint density at radius 3 is 3.00 bits per heavy atom. The van der Waals surface area contributed by atoms with Crippen LogP contribution in [0.2, 0.25) is 0 Å². The molecule has 0 amide bonds. The molecule has 0 bridgehead atoms. The molecule has 0 aromatic carbocycles. The van der Waals surface area contributed by atoms with E-state index < -0.39 is 0 Å². The van der Waals surface area contributed by atoms with Gasteiger partial charge in [-0.1, -0.05) is 0 Å². The van der Waals surface area contributed by atoms with E-state index >= 15 is 0 Å². The van der Waals surface area contributed by atoms with Crippen LogP contribution < -0.4 is 5.73 Å². The standard InChI is InChI=1S/C12H15BrN4/c1-2-17-4-3-16-12(17)6-11(14)9-5-10(13)8-15-7-9/h3-5,7-8,11H,2,6,14H2,1H3. The van der Waals surface area contributed by atoms with Gasteiger partial charge in [0.2, 0.25) is 0 Å². The third kappa shape index (κ3) is 2.92. The Morgan fingerprint density at radius 1 is 1.47 bits per heavy atom. The van der Waals surface area contributed by atoms with Gasteiger partial charge in [0.1, 0.15) is 5.82 Å². The number of rotatable bonds is 4. The monoisotopic (exact) mass is 294 g/mol. The van der Waals surface area contributed by atoms with Crippen molar-refractivity contribution < 1.29 is 0 Å². The first-order valence-corrected chi connectivity index (χ1v) is 6.36. The maximum absolute atomic E-state index is 6.16. The smallest absolute Gasteiger partial charge is 0.110 e. The quantitative estimate of drug-likeness (QED) is 0.941. The van der Waals surface area contributed by atoms with Crippen molar-refractivity contribution in [3.05, 3.63) is 46.7 Å². The lowest BCUT2D eigenvalue weighted by molar-refractivity contribution is 0.626. The molecular weight excluding hydrogens is 280 g/mol. The number of pyridine rings is 1. The summed E-state index contributed by atoms with van der Waals surface area (Å²) >= 11 is 3.40. The second-order valence-corrected chi connectivity index (χ2v) is 4.79. The van der Waals surface area contributed by atoms with Crippen LogP contribution >= 0.6 is 15.9 Å². The molecule has 5 heteroatoms. The van der Waals surface area contributed by atoms with Gasteiger partial charge >= 0.3 is 0 Å². The molecule has 2 aromatic rings. The summed E-state index contributed by atoms with van der Waals surface area (Å²) in [6.45, 7) is 3.01. The zero-order chi connectivity index (χ0) is 12.3. The average molecular weight is 295 g/mol. The molecule has 2 heterocycles. The van der Waals surface area contributed by atoms with Crippen LogP contribution in [0.1, 0.15) is 24.4 Å². The first-order valence-electron chi connectivity index (χ1n) is 5.56. The first kappa shape index (κ1) is 12.3. The molecule has 0 radical (unpaired) electrons. The van der Waals surface area contributed by atoms with Crippen LogP contribution in [0.25, 0.3) is 0 Å². The molecule has 17 heavy (non-hydrogen) atoms. The van der Waals surface area contributed by atoms with Crippen LogP contribution in [0.15, 0.2) is 35.3 Å². The van der Waals surface area contributed by atoms with Crippen molar-refractivity contribution in [3.8, 4) is 0 Å². The molecule has 0 fully saturated rings. The van der Waals surface area contributed by atoms with E-state index in [-0.39, 0.29) is 6.04 Å². The lowest BCUT2D eigenvalue weighted by atomic mass is 10.1. The van der Waals surface area contributed by atoms with Gasteiger partial charge in [-0.2, -0.15) is 0 Å². The van der Waals surface area contributed by atoms with Gasteiger partial charge in [0.05, 0.1) is 0 Å². The minimum atomic E-state index is -0.0762. The average Bonchev–Trinajstić information content (AvgIpc) is 2.76. The predicted octanol–water partition coefficient (Wildman–Crippen LogP) is 2.30. The maximum Gasteiger partial charge on any atom is 0.110 e. The van der Waals surface area contributed by atoms with Crippen molar-refractivity contribution in [2.75, 3.05) is 0 Å². The van der Waals surface area contributed by atoms with Gasteiger partial charge in [-0.15, -0.1) is 0 Å². The number of aryl methyl sites for hydroxylation is 1. The lowest BCUT2D eigenvalue weighted by Crippen LogP contribution is -2.16. The number of hydrogen-bond donors (Lipinski definition) is 1. The van der Waals surface area contributed by atoms with Gasteiger partial charge in [0.25, 0.3) is 0 Å². The fourth-order valence-electron chi connectivity index (χ4n) is 1.76. The summed E-state index contributed by atoms with van der Waals surface area (Å²) in [5.74, 6) is 1.01. The number of nitrogens with zero attached hydrogens (tertiary/aromatic N) is 3. The molecule has 1 unspecified atom stereocenters. The van der Waals surface area contributed by atoms with Gasteiger partial charge in [-0.3, -0.25) is 4.98 Å². The summed E-state index contributed by atoms with van der Waals surface area (Å²) < 4.78 is 3.05. The molecular formula is C12H15BrN4. The van der Waals surface area contributed by atoms with E-state index in [1.807, 2.05) is 18.5 Å². The molecule has 0 aliphatic heterocycles. The van der Waals surface area contributed by atoms with Gasteiger partial charge in [0, 0.05) is 48.3 Å². The highest BCUT2D eigenvalue weighted by Crippen LogP contribution is 2.18. The number of hydrogen-bond acceptors (Lipinski definition) is 3. The van der Waals surface area contributed by atoms with Crippen molar-refractivity contribution >= 4 is 15.9 Å². The fraction of sp³-hybridized carbons (Fsp3) is 0.333. The Kier molecular flexibility index (Phi) is 3.91. The van der Waals surface area contributed by atoms with E-state index in [1.54, 1.807) is 12.4 Å². The van der Waals surface area contributed by atoms with Crippen molar-refractivity contribution in [3.63, 3.8) is 0 Å². The van der Waals surface area contributed by atoms with Crippen molar-refractivity contribution in [2.45, 2.75) is 25.9 Å². The Balaban J connectivity index is 2.14. The van der Waals surface area contributed by atoms with Gasteiger partial charge < -0.3 is 10.3 Å². The number of imidazole rings is 1. The third-order valence-electron chi connectivity index (χ3n) is 2.70. The van der Waals surface area contributed by atoms with Crippen molar-refractivity contribution in [1.82, 2.24) is 14.5 Å². The Bertz CT molecular complexity index is 495. The summed E-state index contributed by atoms with van der Waals surface area (Å²) in [5, 5.41) is 0. The number of nitrogens with two attached hydrogens (primary N) is 1. The summed E-state index contributed by atoms with van der Waals surface area (Å²) in [4.78, 5) is 8.45. The molecule has 0 saturated carbocycles. The molecule has 0 aliphatic carbocycles. The molecule has 0 saturated heterocycles. The second kappa shape index (κ2) is 5.42. The predicted molar refractivity (Wildman–Crippen MR) is 70.5 cm³/mol. The SMILES string of the molecule is CCn1ccnc1CC(N)c1cncc(Br)c1. The maximum atomic E-state index is 6.16. The lowest BCUT2D eigenvalue weighted by Gasteiger charge is -2.12. The zero-order valence-corrected chi connectivity index (χ0v) is 11.3. The van der Waals surface area contributed by atoms with E-state index in [9.17, 15) is 0 Å². The molecule has 90 valence electrons. The Labute approximate surface area is 109 Å². The highest BCUT2D eigenvalue weighted by Gasteiger charge is 2.11. The van der Waals surface area contributed by atoms with Crippen LogP contribution in [-0.4, -0.2) is 14.5 Å². The minimum absolute atomic E-state index is 0.0762. The molecule has 1 atom stereocenters. The molecule has 2 rings (SSSR count). The summed E-state index contributed by atoms with van der Waals surface area (Å²) in [7, 11) is 0. The molecule has 0 aliphatic rings. The summed E-state index contributed by atoms with van der Waals surface area (Å²) in [6.07, 6.45) is 8.06. The molecule has 2 N–H and O–H groups in total. The fourth-order valence-corrected chi connectivity index (χ4v) is 2.15. The summed E-state index contributed by atoms with van der Waals surface area (Å²) in [5.41, 5.74) is 7.18. The highest BCUT2D eigenvalue weighted by atomic mass is 79.9. The van der Waals surface area contributed by atoms with E-state index in [2.05, 4.69) is 37.4 Å². The number of aromatic nitrogens is 3. The van der Waals surface area contributed by atoms with E-state index in [0.717, 1.165) is 28.8 Å².